The van der Waals surface area contributed by atoms with Crippen LogP contribution < -0.4 is 9.64 Å². The van der Waals surface area contributed by atoms with Crippen LogP contribution in [-0.4, -0.2) is 12.5 Å². The third-order valence-corrected chi connectivity index (χ3v) is 5.63. The molecule has 1 amide bonds. The summed E-state index contributed by atoms with van der Waals surface area (Å²) in [6, 6.07) is 14.2. The van der Waals surface area contributed by atoms with Gasteiger partial charge in [-0.1, -0.05) is 23.8 Å². The zero-order chi connectivity index (χ0) is 18.8. The van der Waals surface area contributed by atoms with Crippen LogP contribution in [0.4, 0.5) is 10.1 Å². The molecule has 2 heterocycles. The van der Waals surface area contributed by atoms with Crippen LogP contribution in [0.25, 0.3) is 0 Å². The first-order valence-corrected chi connectivity index (χ1v) is 9.85. The SMILES string of the molecule is Cc1ccc2c(c1)CCCN2C(=O)c1cc(COc2cccc(F)c2)cs1. The second kappa shape index (κ2) is 7.53. The first kappa shape index (κ1) is 17.7. The number of amides is 1. The van der Waals surface area contributed by atoms with E-state index < -0.39 is 0 Å². The van der Waals surface area contributed by atoms with Gasteiger partial charge in [-0.25, -0.2) is 4.39 Å². The lowest BCUT2D eigenvalue weighted by atomic mass is 9.99. The molecule has 1 aromatic heterocycles. The molecular formula is C22H20FNO2S. The molecular weight excluding hydrogens is 361 g/mol. The van der Waals surface area contributed by atoms with Gasteiger partial charge >= 0.3 is 0 Å². The summed E-state index contributed by atoms with van der Waals surface area (Å²) in [5.74, 6) is 0.184. The Labute approximate surface area is 162 Å². The minimum atomic E-state index is -0.326. The molecule has 0 unspecified atom stereocenters. The zero-order valence-electron chi connectivity index (χ0n) is 15.1. The summed E-state index contributed by atoms with van der Waals surface area (Å²) >= 11 is 1.42. The van der Waals surface area contributed by atoms with E-state index in [0.717, 1.165) is 30.6 Å². The van der Waals surface area contributed by atoms with Gasteiger partial charge in [-0.15, -0.1) is 11.3 Å². The highest BCUT2D eigenvalue weighted by Gasteiger charge is 2.24. The maximum absolute atomic E-state index is 13.2. The lowest BCUT2D eigenvalue weighted by molar-refractivity contribution is 0.0989. The number of benzene rings is 2. The van der Waals surface area contributed by atoms with Crippen LogP contribution >= 0.6 is 11.3 Å². The lowest BCUT2D eigenvalue weighted by Gasteiger charge is -2.29. The number of anilines is 1. The van der Waals surface area contributed by atoms with Gasteiger partial charge in [-0.05, 0) is 55.0 Å². The Hall–Kier alpha value is -2.66. The van der Waals surface area contributed by atoms with Gasteiger partial charge in [-0.2, -0.15) is 0 Å². The molecule has 4 rings (SSSR count). The molecule has 0 saturated carbocycles. The lowest BCUT2D eigenvalue weighted by Crippen LogP contribution is -2.35. The first-order chi connectivity index (χ1) is 13.1. The molecule has 0 fully saturated rings. The summed E-state index contributed by atoms with van der Waals surface area (Å²) in [5.41, 5.74) is 4.38. The van der Waals surface area contributed by atoms with Crippen LogP contribution in [0, 0.1) is 12.7 Å². The Morgan fingerprint density at radius 1 is 1.22 bits per heavy atom. The molecule has 0 radical (unpaired) electrons. The van der Waals surface area contributed by atoms with Crippen molar-refractivity contribution in [2.45, 2.75) is 26.4 Å². The number of fused-ring (bicyclic) bond motifs is 1. The number of carbonyl (C=O) groups excluding carboxylic acids is 1. The van der Waals surface area contributed by atoms with Crippen molar-refractivity contribution in [3.63, 3.8) is 0 Å². The fraction of sp³-hybridized carbons (Fsp3) is 0.227. The van der Waals surface area contributed by atoms with E-state index in [1.165, 1.54) is 34.6 Å². The molecule has 138 valence electrons. The zero-order valence-corrected chi connectivity index (χ0v) is 15.9. The third-order valence-electron chi connectivity index (χ3n) is 4.66. The van der Waals surface area contributed by atoms with Crippen LogP contribution in [-0.2, 0) is 13.0 Å². The van der Waals surface area contributed by atoms with E-state index in [4.69, 9.17) is 4.74 Å². The first-order valence-electron chi connectivity index (χ1n) is 8.97. The van der Waals surface area contributed by atoms with Crippen molar-refractivity contribution in [3.05, 3.63) is 81.3 Å². The summed E-state index contributed by atoms with van der Waals surface area (Å²) in [7, 11) is 0. The van der Waals surface area contributed by atoms with E-state index in [2.05, 4.69) is 19.1 Å². The minimum absolute atomic E-state index is 0.0295. The van der Waals surface area contributed by atoms with Crippen LogP contribution in [0.5, 0.6) is 5.75 Å². The maximum Gasteiger partial charge on any atom is 0.268 e. The summed E-state index contributed by atoms with van der Waals surface area (Å²) < 4.78 is 18.8. The van der Waals surface area contributed by atoms with Crippen molar-refractivity contribution in [1.82, 2.24) is 0 Å². The number of nitrogens with zero attached hydrogens (tertiary/aromatic N) is 1. The average molecular weight is 381 g/mol. The Balaban J connectivity index is 1.48. The number of hydrogen-bond donors (Lipinski definition) is 0. The smallest absolute Gasteiger partial charge is 0.268 e. The van der Waals surface area contributed by atoms with E-state index in [1.54, 1.807) is 12.1 Å². The maximum atomic E-state index is 13.2. The van der Waals surface area contributed by atoms with Crippen LogP contribution in [0.2, 0.25) is 0 Å². The number of ether oxygens (including phenoxy) is 1. The van der Waals surface area contributed by atoms with Gasteiger partial charge in [0, 0.05) is 23.9 Å². The summed E-state index contributed by atoms with van der Waals surface area (Å²) in [4.78, 5) is 15.6. The van der Waals surface area contributed by atoms with Crippen LogP contribution in [0.15, 0.2) is 53.9 Å². The molecule has 3 aromatic rings. The predicted octanol–water partition coefficient (Wildman–Crippen LogP) is 5.37. The molecule has 5 heteroatoms. The van der Waals surface area contributed by atoms with Crippen LogP contribution in [0.1, 0.15) is 32.8 Å². The molecule has 1 aliphatic rings. The van der Waals surface area contributed by atoms with Gasteiger partial charge in [0.15, 0.2) is 0 Å². The topological polar surface area (TPSA) is 29.5 Å². The van der Waals surface area contributed by atoms with Gasteiger partial charge in [0.05, 0.1) is 4.88 Å². The van der Waals surface area contributed by atoms with Crippen LogP contribution in [0.3, 0.4) is 0 Å². The number of halogens is 1. The fourth-order valence-electron chi connectivity index (χ4n) is 3.36. The largest absolute Gasteiger partial charge is 0.489 e. The van der Waals surface area contributed by atoms with Crippen molar-refractivity contribution in [2.75, 3.05) is 11.4 Å². The fourth-order valence-corrected chi connectivity index (χ4v) is 4.20. The Bertz CT molecular complexity index is 982. The molecule has 0 N–H and O–H groups in total. The molecule has 27 heavy (non-hydrogen) atoms. The quantitative estimate of drug-likeness (QED) is 0.608. The van der Waals surface area contributed by atoms with E-state index in [0.29, 0.717) is 17.2 Å². The normalized spacial score (nSPS) is 13.3. The van der Waals surface area contributed by atoms with E-state index >= 15 is 0 Å². The van der Waals surface area contributed by atoms with Gasteiger partial charge in [0.1, 0.15) is 18.2 Å². The minimum Gasteiger partial charge on any atom is -0.489 e. The highest BCUT2D eigenvalue weighted by molar-refractivity contribution is 7.12. The Morgan fingerprint density at radius 3 is 2.96 bits per heavy atom. The molecule has 2 aromatic carbocycles. The highest BCUT2D eigenvalue weighted by Crippen LogP contribution is 2.30. The van der Waals surface area contributed by atoms with E-state index in [9.17, 15) is 9.18 Å². The molecule has 0 aliphatic carbocycles. The second-order valence-electron chi connectivity index (χ2n) is 6.76. The average Bonchev–Trinajstić information content (AvgIpc) is 3.14. The van der Waals surface area contributed by atoms with Crippen molar-refractivity contribution in [2.24, 2.45) is 0 Å². The summed E-state index contributed by atoms with van der Waals surface area (Å²) in [6.45, 7) is 3.12. The number of thiophene rings is 1. The van der Waals surface area contributed by atoms with Crippen molar-refractivity contribution in [1.29, 1.82) is 0 Å². The van der Waals surface area contributed by atoms with E-state index in [-0.39, 0.29) is 11.7 Å². The molecule has 0 atom stereocenters. The number of carbonyl (C=O) groups is 1. The van der Waals surface area contributed by atoms with Gasteiger partial charge in [0.2, 0.25) is 0 Å². The van der Waals surface area contributed by atoms with Crippen molar-refractivity contribution < 1.29 is 13.9 Å². The van der Waals surface area contributed by atoms with Gasteiger partial charge in [0.25, 0.3) is 5.91 Å². The molecule has 0 bridgehead atoms. The van der Waals surface area contributed by atoms with Gasteiger partial charge < -0.3 is 9.64 Å². The number of hydrogen-bond acceptors (Lipinski definition) is 3. The highest BCUT2D eigenvalue weighted by atomic mass is 32.1. The molecule has 3 nitrogen and oxygen atoms in total. The Kier molecular flexibility index (Phi) is 4.94. The molecule has 0 spiro atoms. The van der Waals surface area contributed by atoms with Gasteiger partial charge in [-0.3, -0.25) is 4.79 Å². The summed E-state index contributed by atoms with van der Waals surface area (Å²) in [5, 5.41) is 1.92. The Morgan fingerprint density at radius 2 is 2.11 bits per heavy atom. The number of aryl methyl sites for hydroxylation is 2. The van der Waals surface area contributed by atoms with Crippen molar-refractivity contribution >= 4 is 22.9 Å². The number of rotatable bonds is 4. The van der Waals surface area contributed by atoms with Crippen molar-refractivity contribution in [3.8, 4) is 5.75 Å². The molecule has 0 saturated heterocycles. The second-order valence-corrected chi connectivity index (χ2v) is 7.67. The summed E-state index contributed by atoms with van der Waals surface area (Å²) in [6.07, 6.45) is 1.99. The van der Waals surface area contributed by atoms with E-state index in [1.807, 2.05) is 22.4 Å². The third kappa shape index (κ3) is 3.88. The molecule has 1 aliphatic heterocycles. The standard InChI is InChI=1S/C22H20FNO2S/c1-15-7-8-20-17(10-15)4-3-9-24(20)22(25)21-11-16(14-27-21)13-26-19-6-2-5-18(23)12-19/h2,5-8,10-12,14H,3-4,9,13H2,1H3. The predicted molar refractivity (Wildman–Crippen MR) is 106 cm³/mol. The monoisotopic (exact) mass is 381 g/mol.